The Morgan fingerprint density at radius 3 is 2.55 bits per heavy atom. The molecule has 1 aromatic rings. The fraction of sp³-hybridized carbons (Fsp3) is 0.625. The predicted molar refractivity (Wildman–Crippen MR) is 84.0 cm³/mol. The number of hydrogen-bond donors (Lipinski definition) is 1. The Kier molecular flexibility index (Phi) is 5.71. The van der Waals surface area contributed by atoms with Gasteiger partial charge in [0.15, 0.2) is 0 Å². The van der Waals surface area contributed by atoms with Crippen molar-refractivity contribution in [3.63, 3.8) is 0 Å². The van der Waals surface area contributed by atoms with Gasteiger partial charge < -0.3 is 5.32 Å². The molecule has 1 N–H and O–H groups in total. The summed E-state index contributed by atoms with van der Waals surface area (Å²) in [6.45, 7) is 5.24. The van der Waals surface area contributed by atoms with Gasteiger partial charge in [-0.3, -0.25) is 0 Å². The van der Waals surface area contributed by atoms with E-state index in [4.69, 9.17) is 23.2 Å². The standard InChI is InChI=1S/C16H22Cl2FN/c1-10-3-5-12(6-4-10)9-20-11(2)15-13(17)7-8-14(19)16(15)18/h7-8,10-12,20H,3-6,9H2,1-2H3. The van der Waals surface area contributed by atoms with Crippen LogP contribution in [0.2, 0.25) is 10.0 Å². The summed E-state index contributed by atoms with van der Waals surface area (Å²) in [4.78, 5) is 0. The molecule has 1 nitrogen and oxygen atoms in total. The maximum atomic E-state index is 13.5. The van der Waals surface area contributed by atoms with Gasteiger partial charge in [0, 0.05) is 16.6 Å². The van der Waals surface area contributed by atoms with Crippen molar-refractivity contribution in [3.8, 4) is 0 Å². The molecule has 1 saturated carbocycles. The summed E-state index contributed by atoms with van der Waals surface area (Å²) in [5, 5.41) is 4.11. The Morgan fingerprint density at radius 2 is 1.90 bits per heavy atom. The summed E-state index contributed by atoms with van der Waals surface area (Å²) in [6.07, 6.45) is 5.15. The van der Waals surface area contributed by atoms with E-state index >= 15 is 0 Å². The van der Waals surface area contributed by atoms with Gasteiger partial charge in [0.05, 0.1) is 5.02 Å². The molecular weight excluding hydrogens is 296 g/mol. The van der Waals surface area contributed by atoms with Crippen molar-refractivity contribution >= 4 is 23.2 Å². The molecular formula is C16H22Cl2FN. The monoisotopic (exact) mass is 317 g/mol. The maximum Gasteiger partial charge on any atom is 0.142 e. The van der Waals surface area contributed by atoms with Crippen LogP contribution in [0.3, 0.4) is 0 Å². The van der Waals surface area contributed by atoms with Crippen LogP contribution in [0.15, 0.2) is 12.1 Å². The summed E-state index contributed by atoms with van der Waals surface area (Å²) >= 11 is 12.2. The maximum absolute atomic E-state index is 13.5. The van der Waals surface area contributed by atoms with E-state index in [2.05, 4.69) is 12.2 Å². The molecule has 1 aromatic carbocycles. The van der Waals surface area contributed by atoms with Crippen LogP contribution in [0.1, 0.15) is 51.1 Å². The molecule has 0 saturated heterocycles. The third-order valence-corrected chi connectivity index (χ3v) is 5.07. The molecule has 4 heteroatoms. The highest BCUT2D eigenvalue weighted by Crippen LogP contribution is 2.33. The van der Waals surface area contributed by atoms with E-state index in [1.807, 2.05) is 6.92 Å². The Labute approximate surface area is 130 Å². The van der Waals surface area contributed by atoms with Crippen molar-refractivity contribution in [3.05, 3.63) is 33.6 Å². The van der Waals surface area contributed by atoms with Crippen LogP contribution in [-0.4, -0.2) is 6.54 Å². The molecule has 1 aliphatic carbocycles. The molecule has 0 aliphatic heterocycles. The minimum atomic E-state index is -0.411. The van der Waals surface area contributed by atoms with Gasteiger partial charge in [-0.05, 0) is 50.3 Å². The quantitative estimate of drug-likeness (QED) is 0.712. The first-order chi connectivity index (χ1) is 9.49. The smallest absolute Gasteiger partial charge is 0.142 e. The van der Waals surface area contributed by atoms with Gasteiger partial charge in [0.1, 0.15) is 5.82 Å². The van der Waals surface area contributed by atoms with Gasteiger partial charge in [-0.25, -0.2) is 4.39 Å². The first kappa shape index (κ1) is 16.1. The average Bonchev–Trinajstić information content (AvgIpc) is 2.43. The molecule has 0 aromatic heterocycles. The lowest BCUT2D eigenvalue weighted by Gasteiger charge is -2.28. The Hall–Kier alpha value is -0.310. The van der Waals surface area contributed by atoms with Crippen LogP contribution in [0.4, 0.5) is 4.39 Å². The highest BCUT2D eigenvalue weighted by Gasteiger charge is 2.21. The number of nitrogens with one attached hydrogen (secondary N) is 1. The van der Waals surface area contributed by atoms with E-state index in [1.54, 1.807) is 6.07 Å². The van der Waals surface area contributed by atoms with Crippen LogP contribution < -0.4 is 5.32 Å². The molecule has 0 radical (unpaired) electrons. The van der Waals surface area contributed by atoms with Crippen molar-refractivity contribution in [2.75, 3.05) is 6.54 Å². The van der Waals surface area contributed by atoms with Crippen LogP contribution >= 0.6 is 23.2 Å². The highest BCUT2D eigenvalue weighted by molar-refractivity contribution is 6.36. The van der Waals surface area contributed by atoms with E-state index < -0.39 is 5.82 Å². The lowest BCUT2D eigenvalue weighted by molar-refractivity contribution is 0.276. The van der Waals surface area contributed by atoms with Crippen LogP contribution in [0.5, 0.6) is 0 Å². The van der Waals surface area contributed by atoms with E-state index in [-0.39, 0.29) is 11.1 Å². The molecule has 0 amide bonds. The molecule has 112 valence electrons. The Bertz CT molecular complexity index is 456. The molecule has 20 heavy (non-hydrogen) atoms. The molecule has 0 spiro atoms. The number of benzene rings is 1. The minimum Gasteiger partial charge on any atom is -0.310 e. The number of hydrogen-bond acceptors (Lipinski definition) is 1. The molecule has 1 aliphatic rings. The van der Waals surface area contributed by atoms with Crippen molar-refractivity contribution in [2.45, 2.75) is 45.6 Å². The van der Waals surface area contributed by atoms with E-state index in [0.29, 0.717) is 16.5 Å². The van der Waals surface area contributed by atoms with Gasteiger partial charge in [-0.2, -0.15) is 0 Å². The third kappa shape index (κ3) is 3.87. The van der Waals surface area contributed by atoms with Crippen molar-refractivity contribution in [2.24, 2.45) is 11.8 Å². The molecule has 1 fully saturated rings. The van der Waals surface area contributed by atoms with E-state index in [0.717, 1.165) is 12.5 Å². The first-order valence-corrected chi connectivity index (χ1v) is 8.11. The summed E-state index contributed by atoms with van der Waals surface area (Å²) in [6, 6.07) is 2.84. The number of halogens is 3. The van der Waals surface area contributed by atoms with Gasteiger partial charge in [-0.15, -0.1) is 0 Å². The van der Waals surface area contributed by atoms with E-state index in [1.165, 1.54) is 31.7 Å². The second kappa shape index (κ2) is 7.11. The summed E-state index contributed by atoms with van der Waals surface area (Å²) in [7, 11) is 0. The summed E-state index contributed by atoms with van der Waals surface area (Å²) in [5.41, 5.74) is 0.664. The zero-order chi connectivity index (χ0) is 14.7. The van der Waals surface area contributed by atoms with Crippen molar-refractivity contribution in [1.29, 1.82) is 0 Å². The van der Waals surface area contributed by atoms with Gasteiger partial charge in [-0.1, -0.05) is 43.0 Å². The molecule has 2 rings (SSSR count). The molecule has 0 heterocycles. The topological polar surface area (TPSA) is 12.0 Å². The SMILES string of the molecule is CC1CCC(CNC(C)c2c(Cl)ccc(F)c2Cl)CC1. The fourth-order valence-electron chi connectivity index (χ4n) is 2.92. The highest BCUT2D eigenvalue weighted by atomic mass is 35.5. The van der Waals surface area contributed by atoms with E-state index in [9.17, 15) is 4.39 Å². The Balaban J connectivity index is 1.95. The number of rotatable bonds is 4. The largest absolute Gasteiger partial charge is 0.310 e. The van der Waals surface area contributed by atoms with Crippen molar-refractivity contribution < 1.29 is 4.39 Å². The van der Waals surface area contributed by atoms with Crippen LogP contribution in [0.25, 0.3) is 0 Å². The zero-order valence-electron chi connectivity index (χ0n) is 12.1. The third-order valence-electron chi connectivity index (χ3n) is 4.36. The van der Waals surface area contributed by atoms with Crippen molar-refractivity contribution in [1.82, 2.24) is 5.32 Å². The summed E-state index contributed by atoms with van der Waals surface area (Å²) < 4.78 is 13.5. The molecule has 1 atom stereocenters. The fourth-order valence-corrected chi connectivity index (χ4v) is 3.62. The normalized spacial score (nSPS) is 24.6. The van der Waals surface area contributed by atoms with Crippen LogP contribution in [-0.2, 0) is 0 Å². The predicted octanol–water partition coefficient (Wildman–Crippen LogP) is 5.61. The second-order valence-electron chi connectivity index (χ2n) is 6.01. The average molecular weight is 318 g/mol. The first-order valence-electron chi connectivity index (χ1n) is 7.35. The van der Waals surface area contributed by atoms with Gasteiger partial charge >= 0.3 is 0 Å². The van der Waals surface area contributed by atoms with Gasteiger partial charge in [0.2, 0.25) is 0 Å². The molecule has 0 bridgehead atoms. The zero-order valence-corrected chi connectivity index (χ0v) is 13.6. The van der Waals surface area contributed by atoms with Gasteiger partial charge in [0.25, 0.3) is 0 Å². The lowest BCUT2D eigenvalue weighted by Crippen LogP contribution is -2.28. The van der Waals surface area contributed by atoms with Crippen LogP contribution in [0, 0.1) is 17.7 Å². The minimum absolute atomic E-state index is 0.0370. The lowest BCUT2D eigenvalue weighted by atomic mass is 9.83. The Morgan fingerprint density at radius 1 is 1.25 bits per heavy atom. The second-order valence-corrected chi connectivity index (χ2v) is 6.80. The summed E-state index contributed by atoms with van der Waals surface area (Å²) in [5.74, 6) is 1.15. The molecule has 1 unspecified atom stereocenters.